The van der Waals surface area contributed by atoms with Gasteiger partial charge < -0.3 is 9.64 Å². The Morgan fingerprint density at radius 1 is 1.22 bits per heavy atom. The summed E-state index contributed by atoms with van der Waals surface area (Å²) in [6.45, 7) is 5.21. The molecular weight excluding hydrogens is 226 g/mol. The lowest BCUT2D eigenvalue weighted by Gasteiger charge is -2.18. The Labute approximate surface area is 109 Å². The lowest BCUT2D eigenvalue weighted by atomic mass is 10.0. The quantitative estimate of drug-likeness (QED) is 0.763. The fraction of sp³-hybridized carbons (Fsp3) is 0.533. The molecule has 0 unspecified atom stereocenters. The van der Waals surface area contributed by atoms with Gasteiger partial charge in [-0.25, -0.2) is 0 Å². The van der Waals surface area contributed by atoms with Crippen molar-refractivity contribution < 1.29 is 9.53 Å². The highest BCUT2D eigenvalue weighted by atomic mass is 16.5. The number of carbonyl (C=O) groups is 1. The molecule has 0 spiro atoms. The molecule has 0 amide bonds. The summed E-state index contributed by atoms with van der Waals surface area (Å²) in [6.07, 6.45) is 2.67. The molecule has 18 heavy (non-hydrogen) atoms. The van der Waals surface area contributed by atoms with Gasteiger partial charge in [-0.15, -0.1) is 0 Å². The third-order valence-electron chi connectivity index (χ3n) is 3.45. The van der Waals surface area contributed by atoms with Crippen LogP contribution in [0.25, 0.3) is 0 Å². The SMILES string of the molecule is CCOC(=O)CCN1CCc2ccccc2CC1. The molecule has 1 aromatic rings. The molecule has 0 fully saturated rings. The van der Waals surface area contributed by atoms with Crippen molar-refractivity contribution in [2.45, 2.75) is 26.2 Å². The van der Waals surface area contributed by atoms with Crippen molar-refractivity contribution in [3.05, 3.63) is 35.4 Å². The van der Waals surface area contributed by atoms with E-state index in [2.05, 4.69) is 29.2 Å². The van der Waals surface area contributed by atoms with E-state index in [9.17, 15) is 4.79 Å². The summed E-state index contributed by atoms with van der Waals surface area (Å²) in [6, 6.07) is 8.63. The average Bonchev–Trinajstić information content (AvgIpc) is 2.59. The van der Waals surface area contributed by atoms with Crippen LogP contribution in [0.3, 0.4) is 0 Å². The minimum absolute atomic E-state index is 0.0840. The van der Waals surface area contributed by atoms with Crippen molar-refractivity contribution in [2.24, 2.45) is 0 Å². The van der Waals surface area contributed by atoms with Gasteiger partial charge in [0.15, 0.2) is 0 Å². The Balaban J connectivity index is 1.83. The van der Waals surface area contributed by atoms with Crippen molar-refractivity contribution >= 4 is 5.97 Å². The van der Waals surface area contributed by atoms with E-state index in [0.29, 0.717) is 13.0 Å². The number of esters is 1. The molecule has 2 rings (SSSR count). The highest BCUT2D eigenvalue weighted by molar-refractivity contribution is 5.69. The van der Waals surface area contributed by atoms with E-state index in [1.54, 1.807) is 0 Å². The summed E-state index contributed by atoms with van der Waals surface area (Å²) in [7, 11) is 0. The zero-order valence-electron chi connectivity index (χ0n) is 11.0. The van der Waals surface area contributed by atoms with Crippen molar-refractivity contribution in [1.82, 2.24) is 4.90 Å². The molecule has 0 bridgehead atoms. The van der Waals surface area contributed by atoms with Crippen molar-refractivity contribution in [2.75, 3.05) is 26.2 Å². The first-order valence-corrected chi connectivity index (χ1v) is 6.74. The molecule has 1 aromatic carbocycles. The zero-order valence-corrected chi connectivity index (χ0v) is 11.0. The Morgan fingerprint density at radius 2 is 1.83 bits per heavy atom. The molecule has 0 atom stereocenters. The molecule has 0 aromatic heterocycles. The molecule has 1 aliphatic rings. The second kappa shape index (κ2) is 6.55. The number of rotatable bonds is 4. The number of hydrogen-bond donors (Lipinski definition) is 0. The Kier molecular flexibility index (Phi) is 4.76. The van der Waals surface area contributed by atoms with Crippen molar-refractivity contribution in [3.63, 3.8) is 0 Å². The Bertz CT molecular complexity index is 376. The van der Waals surface area contributed by atoms with Crippen molar-refractivity contribution in [3.8, 4) is 0 Å². The molecule has 0 saturated heterocycles. The maximum atomic E-state index is 11.3. The minimum Gasteiger partial charge on any atom is -0.466 e. The van der Waals surface area contributed by atoms with E-state index in [-0.39, 0.29) is 5.97 Å². The Morgan fingerprint density at radius 3 is 2.39 bits per heavy atom. The van der Waals surface area contributed by atoms with Crippen LogP contribution in [0.5, 0.6) is 0 Å². The van der Waals surface area contributed by atoms with Gasteiger partial charge >= 0.3 is 5.97 Å². The summed E-state index contributed by atoms with van der Waals surface area (Å²) in [5.41, 5.74) is 2.91. The maximum absolute atomic E-state index is 11.3. The number of carbonyl (C=O) groups excluding carboxylic acids is 1. The maximum Gasteiger partial charge on any atom is 0.307 e. The largest absolute Gasteiger partial charge is 0.466 e. The smallest absolute Gasteiger partial charge is 0.307 e. The van der Waals surface area contributed by atoms with Crippen LogP contribution in [0.4, 0.5) is 0 Å². The van der Waals surface area contributed by atoms with Gasteiger partial charge in [0.25, 0.3) is 0 Å². The number of benzene rings is 1. The lowest BCUT2D eigenvalue weighted by molar-refractivity contribution is -0.143. The van der Waals surface area contributed by atoms with Gasteiger partial charge in [0.1, 0.15) is 0 Å². The van der Waals surface area contributed by atoms with Gasteiger partial charge in [-0.2, -0.15) is 0 Å². The number of ether oxygens (including phenoxy) is 1. The van der Waals surface area contributed by atoms with Crippen LogP contribution in [0.15, 0.2) is 24.3 Å². The van der Waals surface area contributed by atoms with Crippen LogP contribution in [0, 0.1) is 0 Å². The summed E-state index contributed by atoms with van der Waals surface area (Å²) < 4.78 is 4.96. The van der Waals surface area contributed by atoms with Crippen molar-refractivity contribution in [1.29, 1.82) is 0 Å². The van der Waals surface area contributed by atoms with E-state index < -0.39 is 0 Å². The van der Waals surface area contributed by atoms with Gasteiger partial charge in [0, 0.05) is 19.6 Å². The van der Waals surface area contributed by atoms with Gasteiger partial charge in [0.05, 0.1) is 13.0 Å². The minimum atomic E-state index is -0.0840. The van der Waals surface area contributed by atoms with E-state index in [1.165, 1.54) is 11.1 Å². The summed E-state index contributed by atoms with van der Waals surface area (Å²) in [5.74, 6) is -0.0840. The normalized spacial score (nSPS) is 15.8. The van der Waals surface area contributed by atoms with E-state index in [4.69, 9.17) is 4.74 Å². The van der Waals surface area contributed by atoms with Crippen LogP contribution in [0.2, 0.25) is 0 Å². The molecule has 0 aliphatic carbocycles. The first kappa shape index (κ1) is 13.1. The molecule has 0 saturated carbocycles. The van der Waals surface area contributed by atoms with Crippen LogP contribution in [0.1, 0.15) is 24.5 Å². The topological polar surface area (TPSA) is 29.5 Å². The molecule has 1 aliphatic heterocycles. The number of fused-ring (bicyclic) bond motifs is 1. The zero-order chi connectivity index (χ0) is 12.8. The highest BCUT2D eigenvalue weighted by Gasteiger charge is 2.14. The van der Waals surface area contributed by atoms with Gasteiger partial charge in [0.2, 0.25) is 0 Å². The summed E-state index contributed by atoms with van der Waals surface area (Å²) >= 11 is 0. The number of nitrogens with zero attached hydrogens (tertiary/aromatic N) is 1. The molecule has 98 valence electrons. The fourth-order valence-corrected chi connectivity index (χ4v) is 2.42. The van der Waals surface area contributed by atoms with Crippen LogP contribution in [-0.2, 0) is 22.4 Å². The first-order valence-electron chi connectivity index (χ1n) is 6.74. The molecule has 0 N–H and O–H groups in total. The highest BCUT2D eigenvalue weighted by Crippen LogP contribution is 2.15. The molecule has 3 heteroatoms. The van der Waals surface area contributed by atoms with Gasteiger partial charge in [-0.3, -0.25) is 4.79 Å². The van der Waals surface area contributed by atoms with Crippen LogP contribution in [-0.4, -0.2) is 37.1 Å². The number of hydrogen-bond acceptors (Lipinski definition) is 3. The third-order valence-corrected chi connectivity index (χ3v) is 3.45. The second-order valence-electron chi connectivity index (χ2n) is 4.67. The summed E-state index contributed by atoms with van der Waals surface area (Å²) in [5, 5.41) is 0. The molecule has 3 nitrogen and oxygen atoms in total. The van der Waals surface area contributed by atoms with Crippen LogP contribution >= 0.6 is 0 Å². The summed E-state index contributed by atoms with van der Waals surface area (Å²) in [4.78, 5) is 13.7. The Hall–Kier alpha value is -1.35. The fourth-order valence-electron chi connectivity index (χ4n) is 2.42. The standard InChI is InChI=1S/C15H21NO2/c1-2-18-15(17)9-12-16-10-7-13-5-3-4-6-14(13)8-11-16/h3-6H,2,7-12H2,1H3. The van der Waals surface area contributed by atoms with E-state index >= 15 is 0 Å². The second-order valence-corrected chi connectivity index (χ2v) is 4.67. The molecule has 1 heterocycles. The predicted octanol–water partition coefficient (Wildman–Crippen LogP) is 2.04. The van der Waals surface area contributed by atoms with Crippen LogP contribution < -0.4 is 0 Å². The monoisotopic (exact) mass is 247 g/mol. The van der Waals surface area contributed by atoms with Gasteiger partial charge in [-0.05, 0) is 30.9 Å². The average molecular weight is 247 g/mol. The molecule has 0 radical (unpaired) electrons. The predicted molar refractivity (Wildman–Crippen MR) is 71.5 cm³/mol. The lowest BCUT2D eigenvalue weighted by Crippen LogP contribution is -2.29. The molecular formula is C15H21NO2. The van der Waals surface area contributed by atoms with E-state index in [0.717, 1.165) is 32.5 Å². The first-order chi connectivity index (χ1) is 8.79. The van der Waals surface area contributed by atoms with Gasteiger partial charge in [-0.1, -0.05) is 24.3 Å². The third kappa shape index (κ3) is 3.57. The van der Waals surface area contributed by atoms with E-state index in [1.807, 2.05) is 6.92 Å².